The first-order valence-corrected chi connectivity index (χ1v) is 8.53. The van der Waals surface area contributed by atoms with Gasteiger partial charge in [0.1, 0.15) is 0 Å². The summed E-state index contributed by atoms with van der Waals surface area (Å²) in [5.41, 5.74) is 0.673. The highest BCUT2D eigenvalue weighted by Gasteiger charge is 2.22. The molecule has 2 rings (SSSR count). The molecule has 0 N–H and O–H groups in total. The molecule has 110 valence electrons. The predicted molar refractivity (Wildman–Crippen MR) is 87.3 cm³/mol. The topological polar surface area (TPSA) is 20.3 Å². The van der Waals surface area contributed by atoms with Gasteiger partial charge in [0, 0.05) is 22.6 Å². The molecule has 0 spiro atoms. The fraction of sp³-hybridized carbons (Fsp3) is 0.562. The van der Waals surface area contributed by atoms with E-state index in [1.54, 1.807) is 12.1 Å². The molecule has 1 aromatic rings. The molecule has 0 bridgehead atoms. The van der Waals surface area contributed by atoms with Gasteiger partial charge in [-0.1, -0.05) is 31.4 Å². The van der Waals surface area contributed by atoms with Crippen molar-refractivity contribution in [1.29, 1.82) is 0 Å². The lowest BCUT2D eigenvalue weighted by Gasteiger charge is -2.21. The molecule has 0 aliphatic carbocycles. The van der Waals surface area contributed by atoms with Crippen LogP contribution < -0.4 is 0 Å². The first kappa shape index (κ1) is 15.8. The molecule has 1 saturated heterocycles. The fourth-order valence-electron chi connectivity index (χ4n) is 2.90. The maximum Gasteiger partial charge on any atom is 0.255 e. The monoisotopic (exact) mass is 357 g/mol. The van der Waals surface area contributed by atoms with Crippen LogP contribution in [0.25, 0.3) is 0 Å². The predicted octanol–water partition coefficient (Wildman–Crippen LogP) is 5.14. The van der Waals surface area contributed by atoms with Crippen molar-refractivity contribution in [2.24, 2.45) is 5.92 Å². The molecule has 1 aliphatic heterocycles. The van der Waals surface area contributed by atoms with Crippen LogP contribution in [0.3, 0.4) is 0 Å². The number of halogens is 2. The van der Waals surface area contributed by atoms with E-state index >= 15 is 0 Å². The van der Waals surface area contributed by atoms with E-state index in [0.717, 1.165) is 36.3 Å². The highest BCUT2D eigenvalue weighted by molar-refractivity contribution is 9.10. The molecule has 2 nitrogen and oxygen atoms in total. The second-order valence-corrected chi connectivity index (χ2v) is 6.79. The number of carbonyl (C=O) groups excluding carboxylic acids is 1. The van der Waals surface area contributed by atoms with E-state index in [4.69, 9.17) is 11.6 Å². The molecule has 1 heterocycles. The Morgan fingerprint density at radius 2 is 2.20 bits per heavy atom. The molecule has 0 aromatic heterocycles. The Kier molecular flexibility index (Phi) is 5.91. The maximum atomic E-state index is 12.6. The Morgan fingerprint density at radius 3 is 2.95 bits per heavy atom. The minimum Gasteiger partial charge on any atom is -0.339 e. The summed E-state index contributed by atoms with van der Waals surface area (Å²) in [6.45, 7) is 3.96. The molecule has 1 amide bonds. The SMILES string of the molecule is CCCC1CCCN(C(=O)c2cc(Cl)ccc2Br)CC1. The van der Waals surface area contributed by atoms with Crippen LogP contribution in [0.4, 0.5) is 0 Å². The van der Waals surface area contributed by atoms with Crippen molar-refractivity contribution >= 4 is 33.4 Å². The van der Waals surface area contributed by atoms with Gasteiger partial charge in [-0.05, 0) is 59.3 Å². The van der Waals surface area contributed by atoms with Gasteiger partial charge in [-0.15, -0.1) is 0 Å². The largest absolute Gasteiger partial charge is 0.339 e. The Labute approximate surface area is 134 Å². The molecule has 1 unspecified atom stereocenters. The van der Waals surface area contributed by atoms with Gasteiger partial charge >= 0.3 is 0 Å². The highest BCUT2D eigenvalue weighted by Crippen LogP contribution is 2.26. The molecule has 0 saturated carbocycles. The molecule has 4 heteroatoms. The van der Waals surface area contributed by atoms with Crippen LogP contribution in [0.2, 0.25) is 5.02 Å². The van der Waals surface area contributed by atoms with E-state index < -0.39 is 0 Å². The maximum absolute atomic E-state index is 12.6. The van der Waals surface area contributed by atoms with Crippen LogP contribution in [-0.2, 0) is 0 Å². The molecular formula is C16H21BrClNO. The highest BCUT2D eigenvalue weighted by atomic mass is 79.9. The summed E-state index contributed by atoms with van der Waals surface area (Å²) in [7, 11) is 0. The fourth-order valence-corrected chi connectivity index (χ4v) is 3.49. The first-order chi connectivity index (χ1) is 9.61. The number of rotatable bonds is 3. The van der Waals surface area contributed by atoms with Gasteiger partial charge < -0.3 is 4.90 Å². The zero-order valence-electron chi connectivity index (χ0n) is 11.9. The summed E-state index contributed by atoms with van der Waals surface area (Å²) in [5, 5.41) is 0.607. The third-order valence-corrected chi connectivity index (χ3v) is 4.92. The smallest absolute Gasteiger partial charge is 0.255 e. The first-order valence-electron chi connectivity index (χ1n) is 7.36. The van der Waals surface area contributed by atoms with Gasteiger partial charge in [0.15, 0.2) is 0 Å². The minimum atomic E-state index is 0.0940. The number of hydrogen-bond donors (Lipinski definition) is 0. The summed E-state index contributed by atoms with van der Waals surface area (Å²) in [6, 6.07) is 5.39. The number of likely N-dealkylation sites (tertiary alicyclic amines) is 1. The second-order valence-electron chi connectivity index (χ2n) is 5.50. The Morgan fingerprint density at radius 1 is 1.40 bits per heavy atom. The van der Waals surface area contributed by atoms with Crippen molar-refractivity contribution in [3.8, 4) is 0 Å². The van der Waals surface area contributed by atoms with Gasteiger partial charge in [0.25, 0.3) is 5.91 Å². The standard InChI is InChI=1S/C16H21BrClNO/c1-2-4-12-5-3-9-19(10-8-12)16(20)14-11-13(18)6-7-15(14)17/h6-7,11-12H,2-5,8-10H2,1H3. The van der Waals surface area contributed by atoms with Crippen LogP contribution in [-0.4, -0.2) is 23.9 Å². The number of benzene rings is 1. The van der Waals surface area contributed by atoms with Crippen LogP contribution >= 0.6 is 27.5 Å². The van der Waals surface area contributed by atoms with Crippen LogP contribution in [0.1, 0.15) is 49.4 Å². The summed E-state index contributed by atoms with van der Waals surface area (Å²) in [4.78, 5) is 14.6. The summed E-state index contributed by atoms with van der Waals surface area (Å²) in [6.07, 6.45) is 5.99. The van der Waals surface area contributed by atoms with Crippen LogP contribution in [0, 0.1) is 5.92 Å². The van der Waals surface area contributed by atoms with E-state index in [0.29, 0.717) is 10.6 Å². The average Bonchev–Trinajstić information content (AvgIpc) is 2.67. The third kappa shape index (κ3) is 3.98. The van der Waals surface area contributed by atoms with Crippen molar-refractivity contribution in [1.82, 2.24) is 4.90 Å². The lowest BCUT2D eigenvalue weighted by molar-refractivity contribution is 0.0759. The molecule has 1 aromatic carbocycles. The van der Waals surface area contributed by atoms with Crippen molar-refractivity contribution < 1.29 is 4.79 Å². The third-order valence-electron chi connectivity index (χ3n) is 3.99. The van der Waals surface area contributed by atoms with Gasteiger partial charge in [-0.25, -0.2) is 0 Å². The quantitative estimate of drug-likeness (QED) is 0.732. The second kappa shape index (κ2) is 7.46. The van der Waals surface area contributed by atoms with Gasteiger partial charge in [0.2, 0.25) is 0 Å². The number of hydrogen-bond acceptors (Lipinski definition) is 1. The zero-order chi connectivity index (χ0) is 14.5. The Bertz CT molecular complexity index is 478. The summed E-state index contributed by atoms with van der Waals surface area (Å²) >= 11 is 9.45. The van der Waals surface area contributed by atoms with Crippen LogP contribution in [0.15, 0.2) is 22.7 Å². The Balaban J connectivity index is 2.07. The van der Waals surface area contributed by atoms with Crippen LogP contribution in [0.5, 0.6) is 0 Å². The van der Waals surface area contributed by atoms with Gasteiger partial charge in [-0.2, -0.15) is 0 Å². The lowest BCUT2D eigenvalue weighted by atomic mass is 9.96. The number of carbonyl (C=O) groups is 1. The van der Waals surface area contributed by atoms with Gasteiger partial charge in [-0.3, -0.25) is 4.79 Å². The van der Waals surface area contributed by atoms with E-state index in [9.17, 15) is 4.79 Å². The number of amides is 1. The van der Waals surface area contributed by atoms with E-state index in [-0.39, 0.29) is 5.91 Å². The molecule has 1 fully saturated rings. The van der Waals surface area contributed by atoms with Crippen molar-refractivity contribution in [2.75, 3.05) is 13.1 Å². The molecular weight excluding hydrogens is 338 g/mol. The summed E-state index contributed by atoms with van der Waals surface area (Å²) < 4.78 is 0.821. The van der Waals surface area contributed by atoms with Crippen molar-refractivity contribution in [3.63, 3.8) is 0 Å². The molecule has 1 atom stereocenters. The zero-order valence-corrected chi connectivity index (χ0v) is 14.2. The van der Waals surface area contributed by atoms with E-state index in [2.05, 4.69) is 22.9 Å². The molecule has 20 heavy (non-hydrogen) atoms. The summed E-state index contributed by atoms with van der Waals surface area (Å²) in [5.74, 6) is 0.872. The van der Waals surface area contributed by atoms with E-state index in [1.807, 2.05) is 11.0 Å². The number of nitrogens with zero attached hydrogens (tertiary/aromatic N) is 1. The van der Waals surface area contributed by atoms with Crippen molar-refractivity contribution in [3.05, 3.63) is 33.3 Å². The minimum absolute atomic E-state index is 0.0940. The molecule has 1 aliphatic rings. The average molecular weight is 359 g/mol. The Hall–Kier alpha value is -0.540. The lowest BCUT2D eigenvalue weighted by Crippen LogP contribution is -2.32. The normalized spacial score (nSPS) is 19.8. The van der Waals surface area contributed by atoms with Crippen molar-refractivity contribution in [2.45, 2.75) is 39.0 Å². The molecule has 0 radical (unpaired) electrons. The van der Waals surface area contributed by atoms with Gasteiger partial charge in [0.05, 0.1) is 5.56 Å². The van der Waals surface area contributed by atoms with E-state index in [1.165, 1.54) is 19.3 Å².